The zero-order chi connectivity index (χ0) is 20.4. The van der Waals surface area contributed by atoms with Crippen molar-refractivity contribution >= 4 is 53.1 Å². The Morgan fingerprint density at radius 2 is 1.00 bits per heavy atom. The number of ether oxygens (including phenoxy) is 2. The van der Waals surface area contributed by atoms with Gasteiger partial charge < -0.3 is 9.47 Å². The van der Waals surface area contributed by atoms with Gasteiger partial charge in [-0.3, -0.25) is 19.2 Å². The minimum absolute atomic E-state index is 0.00238. The standard InChI is InChI=1S/C22H12O6S/c1-27-9-3-5-11-13(7-9)17(23)15-16-18(24)14-8-10(28-2)4-6-12(14)20(26)22(16)29-21(15)19(11)25/h3-8H,1-2H3. The molecule has 0 saturated carbocycles. The molecule has 29 heavy (non-hydrogen) atoms. The SMILES string of the molecule is COc1ccc2c(=O)c3sc4c(=O)c5ccc(OC)cc5c(=O)c4c3c(=O)c2c1. The third-order valence-corrected chi connectivity index (χ3v) is 6.39. The summed E-state index contributed by atoms with van der Waals surface area (Å²) in [5.74, 6) is 0.852. The van der Waals surface area contributed by atoms with Crippen LogP contribution in [0.1, 0.15) is 0 Å². The van der Waals surface area contributed by atoms with Crippen LogP contribution in [0.15, 0.2) is 55.6 Å². The fraction of sp³-hybridized carbons (Fsp3) is 0.0909. The topological polar surface area (TPSA) is 86.7 Å². The summed E-state index contributed by atoms with van der Waals surface area (Å²) in [5, 5.41) is 0.811. The quantitative estimate of drug-likeness (QED) is 0.450. The molecule has 142 valence electrons. The number of methoxy groups -OCH3 is 2. The van der Waals surface area contributed by atoms with Gasteiger partial charge >= 0.3 is 0 Å². The van der Waals surface area contributed by atoms with Gasteiger partial charge in [0, 0.05) is 21.5 Å². The number of fused-ring (bicyclic) bond motifs is 5. The first-order valence-corrected chi connectivity index (χ1v) is 9.49. The van der Waals surface area contributed by atoms with E-state index in [-0.39, 0.29) is 52.6 Å². The molecule has 1 heterocycles. The summed E-state index contributed by atoms with van der Waals surface area (Å²) in [5.41, 5.74) is -1.67. The fourth-order valence-electron chi connectivity index (χ4n) is 3.77. The number of thiophene rings is 1. The molecular weight excluding hydrogens is 392 g/mol. The first-order chi connectivity index (χ1) is 14.0. The second-order valence-electron chi connectivity index (χ2n) is 6.65. The molecule has 0 amide bonds. The average Bonchev–Trinajstić information content (AvgIpc) is 3.16. The van der Waals surface area contributed by atoms with E-state index >= 15 is 0 Å². The van der Waals surface area contributed by atoms with Gasteiger partial charge in [0.15, 0.2) is 10.9 Å². The maximum atomic E-state index is 13.3. The normalized spacial score (nSPS) is 11.7. The largest absolute Gasteiger partial charge is 0.497 e. The van der Waals surface area contributed by atoms with Gasteiger partial charge in [-0.15, -0.1) is 11.3 Å². The zero-order valence-electron chi connectivity index (χ0n) is 15.3. The highest BCUT2D eigenvalue weighted by atomic mass is 32.1. The molecule has 0 atom stereocenters. The number of benzene rings is 4. The first-order valence-electron chi connectivity index (χ1n) is 8.68. The summed E-state index contributed by atoms with van der Waals surface area (Å²) < 4.78 is 10.6. The van der Waals surface area contributed by atoms with Crippen molar-refractivity contribution in [2.75, 3.05) is 14.2 Å². The molecule has 0 bridgehead atoms. The molecular formula is C22H12O6S. The molecule has 0 N–H and O–H groups in total. The van der Waals surface area contributed by atoms with E-state index in [4.69, 9.17) is 9.47 Å². The molecule has 0 aliphatic heterocycles. The monoisotopic (exact) mass is 404 g/mol. The van der Waals surface area contributed by atoms with Crippen molar-refractivity contribution in [3.8, 4) is 11.5 Å². The third kappa shape index (κ3) is 2.22. The minimum atomic E-state index is -0.460. The second-order valence-corrected chi connectivity index (χ2v) is 7.67. The van der Waals surface area contributed by atoms with Gasteiger partial charge in [-0.05, 0) is 36.4 Å². The third-order valence-electron chi connectivity index (χ3n) is 5.21. The lowest BCUT2D eigenvalue weighted by Gasteiger charge is -2.02. The van der Waals surface area contributed by atoms with Gasteiger partial charge in [0.25, 0.3) is 0 Å². The molecule has 5 rings (SSSR count). The van der Waals surface area contributed by atoms with Crippen molar-refractivity contribution < 1.29 is 9.47 Å². The van der Waals surface area contributed by atoms with E-state index < -0.39 is 10.9 Å². The van der Waals surface area contributed by atoms with E-state index in [1.807, 2.05) is 0 Å². The highest BCUT2D eigenvalue weighted by Gasteiger charge is 2.22. The zero-order valence-corrected chi connectivity index (χ0v) is 16.1. The molecule has 6 nitrogen and oxygen atoms in total. The Balaban J connectivity index is 2.12. The Labute approximate surface area is 165 Å². The molecule has 4 aromatic carbocycles. The maximum Gasteiger partial charge on any atom is 0.204 e. The van der Waals surface area contributed by atoms with Crippen molar-refractivity contribution in [1.82, 2.24) is 0 Å². The van der Waals surface area contributed by atoms with Crippen LogP contribution in [0.2, 0.25) is 0 Å². The van der Waals surface area contributed by atoms with Crippen molar-refractivity contribution in [1.29, 1.82) is 0 Å². The maximum absolute atomic E-state index is 13.3. The number of rotatable bonds is 2. The lowest BCUT2D eigenvalue weighted by molar-refractivity contribution is 0.415. The summed E-state index contributed by atoms with van der Waals surface area (Å²) in [6.45, 7) is 0. The van der Waals surface area contributed by atoms with Crippen molar-refractivity contribution in [3.63, 3.8) is 0 Å². The Bertz CT molecular complexity index is 1580. The molecule has 7 heteroatoms. The van der Waals surface area contributed by atoms with Crippen LogP contribution in [0.25, 0.3) is 41.7 Å². The van der Waals surface area contributed by atoms with E-state index in [0.717, 1.165) is 11.3 Å². The first kappa shape index (κ1) is 17.5. The van der Waals surface area contributed by atoms with Crippen molar-refractivity contribution in [2.24, 2.45) is 0 Å². The van der Waals surface area contributed by atoms with Gasteiger partial charge in [-0.2, -0.15) is 0 Å². The smallest absolute Gasteiger partial charge is 0.204 e. The van der Waals surface area contributed by atoms with Crippen molar-refractivity contribution in [2.45, 2.75) is 0 Å². The lowest BCUT2D eigenvalue weighted by Crippen LogP contribution is -2.15. The van der Waals surface area contributed by atoms with E-state index in [9.17, 15) is 19.2 Å². The van der Waals surface area contributed by atoms with Crippen LogP contribution in [-0.2, 0) is 0 Å². The highest BCUT2D eigenvalue weighted by molar-refractivity contribution is 7.25. The van der Waals surface area contributed by atoms with Crippen LogP contribution in [0.5, 0.6) is 11.5 Å². The molecule has 5 aromatic rings. The Hall–Kier alpha value is -3.58. The summed E-state index contributed by atoms with van der Waals surface area (Å²) in [4.78, 5) is 52.6. The fourth-order valence-corrected chi connectivity index (χ4v) is 4.97. The summed E-state index contributed by atoms with van der Waals surface area (Å²) in [6, 6.07) is 9.21. The van der Waals surface area contributed by atoms with Crippen LogP contribution < -0.4 is 31.2 Å². The predicted octanol–water partition coefficient (Wildman–Crippen LogP) is 2.69. The molecule has 0 spiro atoms. The summed E-state index contributed by atoms with van der Waals surface area (Å²) in [7, 11) is 2.92. The summed E-state index contributed by atoms with van der Waals surface area (Å²) >= 11 is 0.905. The van der Waals surface area contributed by atoms with Gasteiger partial charge in [-0.25, -0.2) is 0 Å². The van der Waals surface area contributed by atoms with Crippen LogP contribution >= 0.6 is 11.3 Å². The Morgan fingerprint density at radius 1 is 0.586 bits per heavy atom. The average molecular weight is 404 g/mol. The molecule has 0 fully saturated rings. The van der Waals surface area contributed by atoms with Crippen LogP contribution in [0.3, 0.4) is 0 Å². The second kappa shape index (κ2) is 5.96. The highest BCUT2D eigenvalue weighted by Crippen LogP contribution is 2.30. The van der Waals surface area contributed by atoms with Gasteiger partial charge in [0.2, 0.25) is 10.9 Å². The lowest BCUT2D eigenvalue weighted by atomic mass is 10.0. The molecule has 0 saturated heterocycles. The summed E-state index contributed by atoms with van der Waals surface area (Å²) in [6.07, 6.45) is 0. The van der Waals surface area contributed by atoms with Gasteiger partial charge in [0.05, 0.1) is 34.4 Å². The number of hydrogen-bond donors (Lipinski definition) is 0. The van der Waals surface area contributed by atoms with Crippen LogP contribution in [-0.4, -0.2) is 14.2 Å². The Morgan fingerprint density at radius 3 is 1.38 bits per heavy atom. The predicted molar refractivity (Wildman–Crippen MR) is 115 cm³/mol. The van der Waals surface area contributed by atoms with E-state index in [0.29, 0.717) is 11.5 Å². The van der Waals surface area contributed by atoms with E-state index in [1.165, 1.54) is 38.5 Å². The van der Waals surface area contributed by atoms with Crippen LogP contribution in [0.4, 0.5) is 0 Å². The molecule has 1 aromatic heterocycles. The molecule has 0 unspecified atom stereocenters. The van der Waals surface area contributed by atoms with Crippen LogP contribution in [0, 0.1) is 0 Å². The van der Waals surface area contributed by atoms with Gasteiger partial charge in [0.1, 0.15) is 11.5 Å². The van der Waals surface area contributed by atoms with Crippen molar-refractivity contribution in [3.05, 3.63) is 77.3 Å². The minimum Gasteiger partial charge on any atom is -0.497 e. The van der Waals surface area contributed by atoms with E-state index in [1.54, 1.807) is 12.1 Å². The molecule has 0 radical (unpaired) electrons. The van der Waals surface area contributed by atoms with Gasteiger partial charge in [-0.1, -0.05) is 0 Å². The number of hydrogen-bond acceptors (Lipinski definition) is 7. The molecule has 0 aliphatic rings. The molecule has 0 aliphatic carbocycles. The Kier molecular flexibility index (Phi) is 3.60. The van der Waals surface area contributed by atoms with E-state index in [2.05, 4.69) is 0 Å².